The van der Waals surface area contributed by atoms with Crippen LogP contribution >= 0.6 is 0 Å². The highest BCUT2D eigenvalue weighted by Gasteiger charge is 2.43. The van der Waals surface area contributed by atoms with Gasteiger partial charge in [-0.2, -0.15) is 0 Å². The predicted molar refractivity (Wildman–Crippen MR) is 99.1 cm³/mol. The molecule has 0 aliphatic carbocycles. The molecular formula is C20H22N4O3. The minimum absolute atomic E-state index is 0.200. The van der Waals surface area contributed by atoms with Gasteiger partial charge in [-0.25, -0.2) is 9.97 Å². The predicted octanol–water partition coefficient (Wildman–Crippen LogP) is 2.58. The number of oxime groups is 1. The lowest BCUT2D eigenvalue weighted by Gasteiger charge is -2.37. The Morgan fingerprint density at radius 2 is 1.89 bits per heavy atom. The van der Waals surface area contributed by atoms with E-state index in [0.717, 1.165) is 19.3 Å². The fraction of sp³-hybridized carbons (Fsp3) is 0.400. The lowest BCUT2D eigenvalue weighted by molar-refractivity contribution is -0.136. The van der Waals surface area contributed by atoms with Crippen LogP contribution in [0.1, 0.15) is 31.2 Å². The summed E-state index contributed by atoms with van der Waals surface area (Å²) < 4.78 is 5.68. The number of benzene rings is 1. The summed E-state index contributed by atoms with van der Waals surface area (Å²) in [5, 5.41) is 4.09. The van der Waals surface area contributed by atoms with Crippen LogP contribution in [-0.4, -0.2) is 45.4 Å². The van der Waals surface area contributed by atoms with Crippen LogP contribution < -0.4 is 4.74 Å². The van der Waals surface area contributed by atoms with Crippen molar-refractivity contribution in [1.82, 2.24) is 14.9 Å². The minimum Gasteiger partial charge on any atom is -0.436 e. The number of carbonyl (C=O) groups excluding carboxylic acids is 1. The van der Waals surface area contributed by atoms with Crippen molar-refractivity contribution in [2.24, 2.45) is 5.16 Å². The van der Waals surface area contributed by atoms with Gasteiger partial charge in [0.05, 0.1) is 18.8 Å². The maximum absolute atomic E-state index is 12.5. The molecule has 1 amide bonds. The van der Waals surface area contributed by atoms with Crippen LogP contribution in [-0.2, 0) is 16.1 Å². The third-order valence-corrected chi connectivity index (χ3v) is 5.08. The highest BCUT2D eigenvalue weighted by atomic mass is 16.7. The Morgan fingerprint density at radius 1 is 1.15 bits per heavy atom. The third kappa shape index (κ3) is 4.24. The second-order valence-corrected chi connectivity index (χ2v) is 6.98. The van der Waals surface area contributed by atoms with E-state index < -0.39 is 0 Å². The van der Waals surface area contributed by atoms with E-state index in [2.05, 4.69) is 27.3 Å². The summed E-state index contributed by atoms with van der Waals surface area (Å²) in [5.74, 6) is 1.28. The standard InChI is InChI=1S/C20H22N4O3/c25-19(7-6-16-4-2-1-3-5-16)24-10-8-20(9-11-24)12-18(23-27-20)26-17-13-21-15-22-14-17/h1-5,13-15H,6-12H2. The van der Waals surface area contributed by atoms with Crippen molar-refractivity contribution in [2.75, 3.05) is 13.1 Å². The Kier molecular flexibility index (Phi) is 5.00. The first-order valence-corrected chi connectivity index (χ1v) is 9.22. The van der Waals surface area contributed by atoms with Gasteiger partial charge in [0.1, 0.15) is 11.9 Å². The Morgan fingerprint density at radius 3 is 2.63 bits per heavy atom. The van der Waals surface area contributed by atoms with Gasteiger partial charge in [0.15, 0.2) is 5.75 Å². The summed E-state index contributed by atoms with van der Waals surface area (Å²) >= 11 is 0. The zero-order valence-electron chi connectivity index (χ0n) is 15.1. The van der Waals surface area contributed by atoms with Crippen molar-refractivity contribution in [3.63, 3.8) is 0 Å². The molecule has 140 valence electrons. The van der Waals surface area contributed by atoms with E-state index in [1.807, 2.05) is 23.1 Å². The van der Waals surface area contributed by atoms with Gasteiger partial charge in [0.25, 0.3) is 0 Å². The van der Waals surface area contributed by atoms with Gasteiger partial charge < -0.3 is 14.5 Å². The number of carbonyl (C=O) groups is 1. The summed E-state index contributed by atoms with van der Waals surface area (Å²) in [6.07, 6.45) is 8.06. The molecule has 1 aromatic carbocycles. The Labute approximate surface area is 158 Å². The zero-order valence-corrected chi connectivity index (χ0v) is 15.1. The van der Waals surface area contributed by atoms with Crippen molar-refractivity contribution in [3.05, 3.63) is 54.6 Å². The van der Waals surface area contributed by atoms with Gasteiger partial charge in [-0.3, -0.25) is 4.79 Å². The molecule has 1 aromatic heterocycles. The molecular weight excluding hydrogens is 344 g/mol. The molecule has 1 saturated heterocycles. The van der Waals surface area contributed by atoms with Gasteiger partial charge in [-0.05, 0) is 12.0 Å². The van der Waals surface area contributed by atoms with Crippen LogP contribution in [0.25, 0.3) is 0 Å². The maximum atomic E-state index is 12.5. The first-order chi connectivity index (χ1) is 13.2. The molecule has 27 heavy (non-hydrogen) atoms. The van der Waals surface area contributed by atoms with E-state index in [0.29, 0.717) is 37.6 Å². The molecule has 3 heterocycles. The average molecular weight is 366 g/mol. The van der Waals surface area contributed by atoms with Crippen LogP contribution in [0.5, 0.6) is 5.75 Å². The Hall–Kier alpha value is -2.96. The lowest BCUT2D eigenvalue weighted by Crippen LogP contribution is -2.47. The molecule has 0 saturated carbocycles. The van der Waals surface area contributed by atoms with Crippen LogP contribution in [0.4, 0.5) is 0 Å². The quantitative estimate of drug-likeness (QED) is 0.831. The highest BCUT2D eigenvalue weighted by molar-refractivity contribution is 5.80. The van der Waals surface area contributed by atoms with E-state index in [1.54, 1.807) is 12.4 Å². The van der Waals surface area contributed by atoms with E-state index in [1.165, 1.54) is 11.9 Å². The van der Waals surface area contributed by atoms with Crippen molar-refractivity contribution >= 4 is 11.8 Å². The number of aryl methyl sites for hydroxylation is 1. The number of likely N-dealkylation sites (tertiary alicyclic amines) is 1. The molecule has 0 N–H and O–H groups in total. The maximum Gasteiger partial charge on any atom is 0.235 e. The van der Waals surface area contributed by atoms with E-state index >= 15 is 0 Å². The number of amides is 1. The minimum atomic E-state index is -0.360. The van der Waals surface area contributed by atoms with Gasteiger partial charge in [0.2, 0.25) is 11.8 Å². The summed E-state index contributed by atoms with van der Waals surface area (Å²) in [5.41, 5.74) is 0.833. The topological polar surface area (TPSA) is 76.9 Å². The van der Waals surface area contributed by atoms with Crippen LogP contribution in [0.15, 0.2) is 54.2 Å². The zero-order chi connectivity index (χ0) is 18.5. The third-order valence-electron chi connectivity index (χ3n) is 5.08. The summed E-state index contributed by atoms with van der Waals surface area (Å²) in [4.78, 5) is 28.0. The number of rotatable bonds is 4. The van der Waals surface area contributed by atoms with Crippen LogP contribution in [0, 0.1) is 0 Å². The molecule has 0 radical (unpaired) electrons. The first-order valence-electron chi connectivity index (χ1n) is 9.22. The fourth-order valence-corrected chi connectivity index (χ4v) is 3.50. The second kappa shape index (κ2) is 7.73. The monoisotopic (exact) mass is 366 g/mol. The number of ether oxygens (including phenoxy) is 1. The van der Waals surface area contributed by atoms with Gasteiger partial charge in [-0.1, -0.05) is 35.5 Å². The SMILES string of the molecule is O=C(CCc1ccccc1)N1CCC2(CC1)CC(Oc1cncnc1)=NO2. The van der Waals surface area contributed by atoms with Crippen LogP contribution in [0.2, 0.25) is 0 Å². The molecule has 0 bridgehead atoms. The van der Waals surface area contributed by atoms with E-state index in [9.17, 15) is 4.79 Å². The molecule has 2 aliphatic rings. The molecule has 2 aliphatic heterocycles. The Bertz CT molecular complexity index is 802. The molecule has 2 aromatic rings. The normalized spacial score (nSPS) is 18.1. The molecule has 1 fully saturated rings. The second-order valence-electron chi connectivity index (χ2n) is 6.98. The van der Waals surface area contributed by atoms with Crippen molar-refractivity contribution in [1.29, 1.82) is 0 Å². The number of piperidine rings is 1. The number of aromatic nitrogens is 2. The van der Waals surface area contributed by atoms with Gasteiger partial charge in [-0.15, -0.1) is 0 Å². The molecule has 7 nitrogen and oxygen atoms in total. The van der Waals surface area contributed by atoms with Crippen molar-refractivity contribution in [3.8, 4) is 5.75 Å². The molecule has 1 spiro atoms. The lowest BCUT2D eigenvalue weighted by atomic mass is 9.88. The molecule has 7 heteroatoms. The first kappa shape index (κ1) is 17.5. The fourth-order valence-electron chi connectivity index (χ4n) is 3.50. The average Bonchev–Trinajstić information content (AvgIpc) is 3.10. The number of nitrogens with zero attached hydrogens (tertiary/aromatic N) is 4. The number of hydrogen-bond donors (Lipinski definition) is 0. The van der Waals surface area contributed by atoms with Gasteiger partial charge >= 0.3 is 0 Å². The largest absolute Gasteiger partial charge is 0.436 e. The summed E-state index contributed by atoms with van der Waals surface area (Å²) in [7, 11) is 0. The smallest absolute Gasteiger partial charge is 0.235 e. The van der Waals surface area contributed by atoms with E-state index in [-0.39, 0.29) is 11.5 Å². The van der Waals surface area contributed by atoms with Crippen molar-refractivity contribution in [2.45, 2.75) is 37.7 Å². The van der Waals surface area contributed by atoms with Crippen LogP contribution in [0.3, 0.4) is 0 Å². The van der Waals surface area contributed by atoms with E-state index in [4.69, 9.17) is 9.57 Å². The summed E-state index contributed by atoms with van der Waals surface area (Å²) in [6, 6.07) is 10.1. The molecule has 0 atom stereocenters. The molecule has 4 rings (SSSR count). The number of hydrogen-bond acceptors (Lipinski definition) is 6. The Balaban J connectivity index is 1.25. The van der Waals surface area contributed by atoms with Crippen molar-refractivity contribution < 1.29 is 14.4 Å². The molecule has 0 unspecified atom stereocenters. The van der Waals surface area contributed by atoms with Gasteiger partial charge in [0, 0.05) is 32.4 Å². The summed E-state index contributed by atoms with van der Waals surface area (Å²) in [6.45, 7) is 1.37. The highest BCUT2D eigenvalue weighted by Crippen LogP contribution is 2.35.